The van der Waals surface area contributed by atoms with Crippen molar-refractivity contribution in [2.45, 2.75) is 51.6 Å². The molecule has 0 amide bonds. The van der Waals surface area contributed by atoms with Gasteiger partial charge in [-0.25, -0.2) is 0 Å². The fourth-order valence-corrected chi connectivity index (χ4v) is 3.81. The highest BCUT2D eigenvalue weighted by atomic mass is 16.3. The van der Waals surface area contributed by atoms with Crippen molar-refractivity contribution in [2.24, 2.45) is 17.3 Å². The molecule has 0 aromatic rings. The average Bonchev–Trinajstić information content (AvgIpc) is 2.78. The molecule has 2 aliphatic rings. The van der Waals surface area contributed by atoms with Gasteiger partial charge in [0, 0.05) is 6.54 Å². The lowest BCUT2D eigenvalue weighted by atomic mass is 9.62. The molecule has 2 fully saturated rings. The minimum Gasteiger partial charge on any atom is -0.388 e. The van der Waals surface area contributed by atoms with Crippen molar-refractivity contribution in [3.05, 3.63) is 0 Å². The van der Waals surface area contributed by atoms with Crippen LogP contribution in [-0.4, -0.2) is 23.8 Å². The maximum Gasteiger partial charge on any atom is 0.0882 e. The van der Waals surface area contributed by atoms with E-state index < -0.39 is 11.0 Å². The van der Waals surface area contributed by atoms with Crippen molar-refractivity contribution >= 4 is 0 Å². The molecule has 0 aromatic heterocycles. The van der Waals surface area contributed by atoms with E-state index in [1.807, 2.05) is 0 Å². The Morgan fingerprint density at radius 3 is 2.76 bits per heavy atom. The Morgan fingerprint density at radius 2 is 2.24 bits per heavy atom. The van der Waals surface area contributed by atoms with Gasteiger partial charge in [0.25, 0.3) is 0 Å². The molecule has 0 radical (unpaired) electrons. The van der Waals surface area contributed by atoms with Crippen LogP contribution in [0.5, 0.6) is 0 Å². The summed E-state index contributed by atoms with van der Waals surface area (Å²) >= 11 is 0. The van der Waals surface area contributed by atoms with E-state index in [0.29, 0.717) is 5.92 Å². The Morgan fingerprint density at radius 1 is 1.47 bits per heavy atom. The molecule has 1 heterocycles. The molecule has 1 saturated carbocycles. The zero-order valence-electron chi connectivity index (χ0n) is 11.0. The summed E-state index contributed by atoms with van der Waals surface area (Å²) in [4.78, 5) is 0. The number of piperidine rings is 1. The number of rotatable bonds is 2. The van der Waals surface area contributed by atoms with E-state index in [0.717, 1.165) is 45.2 Å². The monoisotopic (exact) mass is 236 g/mol. The smallest absolute Gasteiger partial charge is 0.0882 e. The van der Waals surface area contributed by atoms with Gasteiger partial charge < -0.3 is 10.4 Å². The first-order chi connectivity index (χ1) is 8.08. The normalized spacial score (nSPS) is 46.7. The molecule has 96 valence electrons. The van der Waals surface area contributed by atoms with Crippen molar-refractivity contribution < 1.29 is 5.11 Å². The summed E-state index contributed by atoms with van der Waals surface area (Å²) in [6, 6.07) is 2.50. The average molecular weight is 236 g/mol. The van der Waals surface area contributed by atoms with Gasteiger partial charge >= 0.3 is 0 Å². The van der Waals surface area contributed by atoms with Crippen molar-refractivity contribution in [3.63, 3.8) is 0 Å². The highest BCUT2D eigenvalue weighted by Crippen LogP contribution is 2.53. The fraction of sp³-hybridized carbons (Fsp3) is 0.929. The molecule has 4 unspecified atom stereocenters. The second kappa shape index (κ2) is 4.59. The van der Waals surface area contributed by atoms with E-state index in [-0.39, 0.29) is 5.92 Å². The minimum atomic E-state index is -0.781. The second-order valence-corrected chi connectivity index (χ2v) is 5.99. The third-order valence-corrected chi connectivity index (χ3v) is 5.19. The number of nitrogens with zero attached hydrogens (tertiary/aromatic N) is 1. The first kappa shape index (κ1) is 12.9. The van der Waals surface area contributed by atoms with Crippen molar-refractivity contribution in [2.75, 3.05) is 13.1 Å². The van der Waals surface area contributed by atoms with Gasteiger partial charge in [0.1, 0.15) is 0 Å². The lowest BCUT2D eigenvalue weighted by molar-refractivity contribution is -0.112. The molecule has 1 aliphatic heterocycles. The van der Waals surface area contributed by atoms with Crippen LogP contribution < -0.4 is 5.32 Å². The van der Waals surface area contributed by atoms with Crippen LogP contribution in [0.15, 0.2) is 0 Å². The van der Waals surface area contributed by atoms with E-state index >= 15 is 0 Å². The van der Waals surface area contributed by atoms with Crippen molar-refractivity contribution in [1.29, 1.82) is 5.26 Å². The van der Waals surface area contributed by atoms with Gasteiger partial charge in [-0.1, -0.05) is 20.3 Å². The number of aliphatic hydroxyl groups is 1. The first-order valence-corrected chi connectivity index (χ1v) is 6.92. The highest BCUT2D eigenvalue weighted by Gasteiger charge is 2.57. The van der Waals surface area contributed by atoms with Gasteiger partial charge in [-0.3, -0.25) is 0 Å². The van der Waals surface area contributed by atoms with E-state index in [9.17, 15) is 10.4 Å². The Bertz CT molecular complexity index is 325. The van der Waals surface area contributed by atoms with Gasteiger partial charge in [0.2, 0.25) is 0 Å². The number of nitriles is 1. The topological polar surface area (TPSA) is 56.0 Å². The third kappa shape index (κ3) is 1.88. The summed E-state index contributed by atoms with van der Waals surface area (Å²) in [5, 5.41) is 24.0. The maximum absolute atomic E-state index is 11.0. The van der Waals surface area contributed by atoms with E-state index in [2.05, 4.69) is 25.2 Å². The summed E-state index contributed by atoms with van der Waals surface area (Å²) < 4.78 is 0. The number of hydrogen-bond acceptors (Lipinski definition) is 3. The highest BCUT2D eigenvalue weighted by molar-refractivity contribution is 5.17. The molecular weight excluding hydrogens is 212 g/mol. The second-order valence-electron chi connectivity index (χ2n) is 5.99. The molecule has 0 aromatic carbocycles. The van der Waals surface area contributed by atoms with Crippen LogP contribution in [-0.2, 0) is 0 Å². The predicted octanol–water partition coefficient (Wildman–Crippen LogP) is 2.07. The minimum absolute atomic E-state index is 0.173. The van der Waals surface area contributed by atoms with Crippen LogP contribution in [0.25, 0.3) is 0 Å². The molecule has 1 saturated heterocycles. The standard InChI is InChI=1S/C14H24N2O/c1-3-12-4-5-13(8-12,10-15)14(17)6-7-16-9-11(14)2/h11-12,16-17H,3-9H2,1-2H3. The van der Waals surface area contributed by atoms with Crippen LogP contribution in [0.4, 0.5) is 0 Å². The molecule has 0 spiro atoms. The first-order valence-electron chi connectivity index (χ1n) is 6.92. The molecule has 3 heteroatoms. The largest absolute Gasteiger partial charge is 0.388 e. The van der Waals surface area contributed by atoms with Crippen LogP contribution in [0, 0.1) is 28.6 Å². The van der Waals surface area contributed by atoms with Crippen LogP contribution in [0.3, 0.4) is 0 Å². The van der Waals surface area contributed by atoms with Crippen molar-refractivity contribution in [3.8, 4) is 6.07 Å². The Balaban J connectivity index is 2.26. The summed E-state index contributed by atoms with van der Waals surface area (Å²) in [5.74, 6) is 0.798. The Kier molecular flexibility index (Phi) is 3.47. The SMILES string of the molecule is CCC1CCC(C#N)(C2(O)CCNCC2C)C1. The third-order valence-electron chi connectivity index (χ3n) is 5.19. The molecule has 2 N–H and O–H groups in total. The molecule has 17 heavy (non-hydrogen) atoms. The van der Waals surface area contributed by atoms with Gasteiger partial charge in [-0.15, -0.1) is 0 Å². The summed E-state index contributed by atoms with van der Waals surface area (Å²) in [7, 11) is 0. The van der Waals surface area contributed by atoms with Gasteiger partial charge in [-0.2, -0.15) is 5.26 Å². The Labute approximate surface area is 104 Å². The zero-order chi connectivity index (χ0) is 12.5. The summed E-state index contributed by atoms with van der Waals surface area (Å²) in [5.41, 5.74) is -1.27. The van der Waals surface area contributed by atoms with Gasteiger partial charge in [0.05, 0.1) is 17.1 Å². The molecule has 4 atom stereocenters. The molecule has 3 nitrogen and oxygen atoms in total. The van der Waals surface area contributed by atoms with Gasteiger partial charge in [0.15, 0.2) is 0 Å². The quantitative estimate of drug-likeness (QED) is 0.771. The van der Waals surface area contributed by atoms with Crippen molar-refractivity contribution in [1.82, 2.24) is 5.32 Å². The van der Waals surface area contributed by atoms with E-state index in [1.54, 1.807) is 0 Å². The predicted molar refractivity (Wildman–Crippen MR) is 67.3 cm³/mol. The number of hydrogen-bond donors (Lipinski definition) is 2. The molecule has 2 rings (SSSR count). The van der Waals surface area contributed by atoms with E-state index in [4.69, 9.17) is 0 Å². The Hall–Kier alpha value is -0.590. The summed E-state index contributed by atoms with van der Waals surface area (Å²) in [6.07, 6.45) is 4.72. The van der Waals surface area contributed by atoms with E-state index in [1.165, 1.54) is 0 Å². The van der Waals surface area contributed by atoms with Gasteiger partial charge in [-0.05, 0) is 44.1 Å². The number of nitrogens with one attached hydrogen (secondary N) is 1. The molecular formula is C14H24N2O. The van der Waals surface area contributed by atoms with Crippen LogP contribution >= 0.6 is 0 Å². The zero-order valence-corrected chi connectivity index (χ0v) is 11.0. The summed E-state index contributed by atoms with van der Waals surface area (Å²) in [6.45, 7) is 5.93. The lowest BCUT2D eigenvalue weighted by Gasteiger charge is -2.47. The van der Waals surface area contributed by atoms with Crippen LogP contribution in [0.2, 0.25) is 0 Å². The maximum atomic E-state index is 11.0. The fourth-order valence-electron chi connectivity index (χ4n) is 3.81. The molecule has 0 bridgehead atoms. The lowest BCUT2D eigenvalue weighted by Crippen LogP contribution is -2.58. The molecule has 1 aliphatic carbocycles. The van der Waals surface area contributed by atoms with Crippen LogP contribution in [0.1, 0.15) is 46.0 Å².